The summed E-state index contributed by atoms with van der Waals surface area (Å²) in [5.41, 5.74) is 1.48. The summed E-state index contributed by atoms with van der Waals surface area (Å²) >= 11 is 1.91. The minimum Gasteiger partial charge on any atom is -0.379 e. The van der Waals surface area contributed by atoms with Crippen molar-refractivity contribution in [1.82, 2.24) is 10.2 Å². The monoisotopic (exact) mass is 240 g/mol. The molecule has 4 heteroatoms. The van der Waals surface area contributed by atoms with E-state index in [4.69, 9.17) is 4.74 Å². The van der Waals surface area contributed by atoms with E-state index in [0.717, 1.165) is 39.4 Å². The second-order valence-corrected chi connectivity index (χ2v) is 5.55. The number of morpholine rings is 1. The molecule has 0 aromatic carbocycles. The first kappa shape index (κ1) is 12.0. The van der Waals surface area contributed by atoms with E-state index in [2.05, 4.69) is 23.2 Å². The fourth-order valence-corrected chi connectivity index (χ4v) is 3.07. The molecule has 1 saturated heterocycles. The van der Waals surface area contributed by atoms with Crippen LogP contribution in [0.15, 0.2) is 6.07 Å². The Balaban J connectivity index is 1.96. The molecule has 0 saturated carbocycles. The number of nitrogens with zero attached hydrogens (tertiary/aromatic N) is 1. The van der Waals surface area contributed by atoms with Gasteiger partial charge < -0.3 is 10.1 Å². The van der Waals surface area contributed by atoms with E-state index in [1.807, 2.05) is 18.4 Å². The zero-order chi connectivity index (χ0) is 11.4. The lowest BCUT2D eigenvalue weighted by atomic mass is 10.2. The molecule has 2 heterocycles. The van der Waals surface area contributed by atoms with Gasteiger partial charge in [-0.25, -0.2) is 0 Å². The van der Waals surface area contributed by atoms with Gasteiger partial charge in [0.15, 0.2) is 0 Å². The lowest BCUT2D eigenvalue weighted by Gasteiger charge is -2.26. The van der Waals surface area contributed by atoms with E-state index in [9.17, 15) is 0 Å². The molecule has 90 valence electrons. The van der Waals surface area contributed by atoms with Crippen LogP contribution in [0, 0.1) is 6.92 Å². The summed E-state index contributed by atoms with van der Waals surface area (Å²) in [6, 6.07) is 2.34. The predicted molar refractivity (Wildman–Crippen MR) is 67.9 cm³/mol. The average molecular weight is 240 g/mol. The molecule has 0 atom stereocenters. The van der Waals surface area contributed by atoms with Crippen molar-refractivity contribution in [2.45, 2.75) is 20.0 Å². The Morgan fingerprint density at radius 2 is 2.19 bits per heavy atom. The third-order valence-corrected chi connectivity index (χ3v) is 4.01. The number of hydrogen-bond donors (Lipinski definition) is 1. The third kappa shape index (κ3) is 3.04. The van der Waals surface area contributed by atoms with Gasteiger partial charge >= 0.3 is 0 Å². The summed E-state index contributed by atoms with van der Waals surface area (Å²) in [6.45, 7) is 8.18. The van der Waals surface area contributed by atoms with Gasteiger partial charge in [-0.15, -0.1) is 11.3 Å². The predicted octanol–water partition coefficient (Wildman–Crippen LogP) is 1.61. The normalized spacial score (nSPS) is 17.9. The van der Waals surface area contributed by atoms with Gasteiger partial charge in [-0.1, -0.05) is 0 Å². The number of ether oxygens (including phenoxy) is 1. The highest BCUT2D eigenvalue weighted by atomic mass is 32.1. The van der Waals surface area contributed by atoms with Gasteiger partial charge in [0.25, 0.3) is 0 Å². The molecule has 1 aliphatic heterocycles. The van der Waals surface area contributed by atoms with Crippen LogP contribution in [0.1, 0.15) is 15.3 Å². The highest BCUT2D eigenvalue weighted by molar-refractivity contribution is 7.12. The van der Waals surface area contributed by atoms with E-state index in [1.165, 1.54) is 15.3 Å². The SMILES string of the molecule is CNCc1cc(CN2CCOCC2)c(C)s1. The third-order valence-electron chi connectivity index (χ3n) is 2.92. The van der Waals surface area contributed by atoms with E-state index in [0.29, 0.717) is 0 Å². The Labute approximate surface area is 101 Å². The van der Waals surface area contributed by atoms with Crippen molar-refractivity contribution in [2.24, 2.45) is 0 Å². The molecule has 2 rings (SSSR count). The first-order chi connectivity index (χ1) is 7.79. The van der Waals surface area contributed by atoms with Crippen LogP contribution in [0.4, 0.5) is 0 Å². The van der Waals surface area contributed by atoms with E-state index in [1.54, 1.807) is 0 Å². The fraction of sp³-hybridized carbons (Fsp3) is 0.667. The van der Waals surface area contributed by atoms with Crippen molar-refractivity contribution >= 4 is 11.3 Å². The van der Waals surface area contributed by atoms with Gasteiger partial charge in [0.2, 0.25) is 0 Å². The van der Waals surface area contributed by atoms with Crippen molar-refractivity contribution in [3.05, 3.63) is 21.4 Å². The van der Waals surface area contributed by atoms with E-state index >= 15 is 0 Å². The molecule has 1 aliphatic rings. The zero-order valence-electron chi connectivity index (χ0n) is 10.1. The largest absolute Gasteiger partial charge is 0.379 e. The van der Waals surface area contributed by atoms with Gasteiger partial charge in [-0.05, 0) is 25.6 Å². The molecule has 0 radical (unpaired) electrons. The maximum Gasteiger partial charge on any atom is 0.0594 e. The van der Waals surface area contributed by atoms with Crippen molar-refractivity contribution in [1.29, 1.82) is 0 Å². The van der Waals surface area contributed by atoms with Gasteiger partial charge in [0.1, 0.15) is 0 Å². The van der Waals surface area contributed by atoms with Crippen LogP contribution in [-0.2, 0) is 17.8 Å². The lowest BCUT2D eigenvalue weighted by Crippen LogP contribution is -2.35. The Morgan fingerprint density at radius 3 is 2.88 bits per heavy atom. The van der Waals surface area contributed by atoms with Crippen LogP contribution in [0.2, 0.25) is 0 Å². The number of thiophene rings is 1. The second kappa shape index (κ2) is 5.77. The molecule has 0 aliphatic carbocycles. The Morgan fingerprint density at radius 1 is 1.44 bits per heavy atom. The fourth-order valence-electron chi connectivity index (χ4n) is 2.01. The number of nitrogens with one attached hydrogen (secondary N) is 1. The Kier molecular flexibility index (Phi) is 4.35. The smallest absolute Gasteiger partial charge is 0.0594 e. The topological polar surface area (TPSA) is 24.5 Å². The molecular formula is C12H20N2OS. The quantitative estimate of drug-likeness (QED) is 0.865. The van der Waals surface area contributed by atoms with Crippen molar-refractivity contribution < 1.29 is 4.74 Å². The summed E-state index contributed by atoms with van der Waals surface area (Å²) in [7, 11) is 2.00. The molecule has 0 spiro atoms. The number of aryl methyl sites for hydroxylation is 1. The molecule has 1 aromatic heterocycles. The van der Waals surface area contributed by atoms with Crippen LogP contribution in [0.3, 0.4) is 0 Å². The molecule has 16 heavy (non-hydrogen) atoms. The maximum absolute atomic E-state index is 5.36. The summed E-state index contributed by atoms with van der Waals surface area (Å²) in [5, 5.41) is 3.20. The highest BCUT2D eigenvalue weighted by Gasteiger charge is 2.13. The maximum atomic E-state index is 5.36. The highest BCUT2D eigenvalue weighted by Crippen LogP contribution is 2.23. The molecule has 0 unspecified atom stereocenters. The second-order valence-electron chi connectivity index (χ2n) is 4.21. The van der Waals surface area contributed by atoms with Crippen molar-refractivity contribution in [3.63, 3.8) is 0 Å². The molecule has 1 aromatic rings. The molecule has 1 N–H and O–H groups in total. The van der Waals surface area contributed by atoms with Gasteiger partial charge in [-0.3, -0.25) is 4.90 Å². The number of hydrogen-bond acceptors (Lipinski definition) is 4. The lowest BCUT2D eigenvalue weighted by molar-refractivity contribution is 0.0341. The van der Waals surface area contributed by atoms with Crippen LogP contribution in [-0.4, -0.2) is 38.3 Å². The summed E-state index contributed by atoms with van der Waals surface area (Å²) in [6.07, 6.45) is 0. The summed E-state index contributed by atoms with van der Waals surface area (Å²) in [5.74, 6) is 0. The summed E-state index contributed by atoms with van der Waals surface area (Å²) < 4.78 is 5.36. The van der Waals surface area contributed by atoms with Crippen LogP contribution in [0.5, 0.6) is 0 Å². The van der Waals surface area contributed by atoms with Crippen molar-refractivity contribution in [2.75, 3.05) is 33.4 Å². The summed E-state index contributed by atoms with van der Waals surface area (Å²) in [4.78, 5) is 5.36. The van der Waals surface area contributed by atoms with Gasteiger partial charge in [-0.2, -0.15) is 0 Å². The van der Waals surface area contributed by atoms with E-state index in [-0.39, 0.29) is 0 Å². The Hall–Kier alpha value is -0.420. The van der Waals surface area contributed by atoms with Gasteiger partial charge in [0, 0.05) is 35.9 Å². The molecule has 1 fully saturated rings. The van der Waals surface area contributed by atoms with Crippen LogP contribution < -0.4 is 5.32 Å². The molecule has 0 amide bonds. The first-order valence-corrected chi connectivity index (χ1v) is 6.64. The van der Waals surface area contributed by atoms with Crippen LogP contribution >= 0.6 is 11.3 Å². The zero-order valence-corrected chi connectivity index (χ0v) is 10.9. The van der Waals surface area contributed by atoms with Crippen LogP contribution in [0.25, 0.3) is 0 Å². The van der Waals surface area contributed by atoms with E-state index < -0.39 is 0 Å². The molecule has 0 bridgehead atoms. The average Bonchev–Trinajstić information content (AvgIpc) is 2.61. The minimum absolute atomic E-state index is 0.882. The molecular weight excluding hydrogens is 220 g/mol. The van der Waals surface area contributed by atoms with Crippen molar-refractivity contribution in [3.8, 4) is 0 Å². The molecule has 3 nitrogen and oxygen atoms in total. The first-order valence-electron chi connectivity index (χ1n) is 5.82. The standard InChI is InChI=1S/C12H20N2OS/c1-10-11(7-12(16-10)8-13-2)9-14-3-5-15-6-4-14/h7,13H,3-6,8-9H2,1-2H3. The van der Waals surface area contributed by atoms with Gasteiger partial charge in [0.05, 0.1) is 13.2 Å². The minimum atomic E-state index is 0.882. The Bertz CT molecular complexity index is 332. The number of rotatable bonds is 4.